The van der Waals surface area contributed by atoms with Crippen molar-refractivity contribution in [2.75, 3.05) is 26.2 Å². The van der Waals surface area contributed by atoms with Crippen LogP contribution in [0.2, 0.25) is 0 Å². The van der Waals surface area contributed by atoms with Crippen LogP contribution in [0.4, 0.5) is 0 Å². The molecule has 0 aromatic heterocycles. The Morgan fingerprint density at radius 2 is 1.88 bits per heavy atom. The molecule has 3 nitrogen and oxygen atoms in total. The molecule has 0 amide bonds. The van der Waals surface area contributed by atoms with Crippen molar-refractivity contribution in [3.63, 3.8) is 0 Å². The first-order valence-corrected chi connectivity index (χ1v) is 9.03. The van der Waals surface area contributed by atoms with Gasteiger partial charge in [0.15, 0.2) is 5.78 Å². The second-order valence-corrected chi connectivity index (χ2v) is 6.94. The lowest BCUT2D eigenvalue weighted by atomic mass is 9.75. The van der Waals surface area contributed by atoms with Crippen molar-refractivity contribution >= 4 is 5.78 Å². The van der Waals surface area contributed by atoms with E-state index in [1.165, 1.54) is 16.7 Å². The highest BCUT2D eigenvalue weighted by Gasteiger charge is 2.36. The summed E-state index contributed by atoms with van der Waals surface area (Å²) in [6, 6.07) is 16.1. The number of aryl methyl sites for hydroxylation is 1. The molecule has 3 heteroatoms. The fourth-order valence-electron chi connectivity index (χ4n) is 3.80. The van der Waals surface area contributed by atoms with Crippen molar-refractivity contribution in [3.8, 4) is 0 Å². The van der Waals surface area contributed by atoms with Crippen LogP contribution in [0.15, 0.2) is 48.5 Å². The van der Waals surface area contributed by atoms with E-state index in [0.29, 0.717) is 6.54 Å². The number of ketones is 1. The first-order chi connectivity index (χ1) is 12.1. The van der Waals surface area contributed by atoms with Crippen molar-refractivity contribution in [1.82, 2.24) is 4.90 Å². The Kier molecular flexibility index (Phi) is 5.67. The number of hydrogen-bond donors (Lipinski definition) is 1. The number of likely N-dealkylation sites (tertiary alicyclic amines) is 1. The van der Waals surface area contributed by atoms with E-state index in [1.807, 2.05) is 30.3 Å². The number of rotatable bonds is 5. The summed E-state index contributed by atoms with van der Waals surface area (Å²) in [7, 11) is 0. The molecule has 1 heterocycles. The second kappa shape index (κ2) is 7.94. The molecule has 2 atom stereocenters. The molecule has 0 unspecified atom stereocenters. The maximum atomic E-state index is 13.3. The van der Waals surface area contributed by atoms with Gasteiger partial charge in [-0.1, -0.05) is 48.5 Å². The van der Waals surface area contributed by atoms with E-state index in [4.69, 9.17) is 5.73 Å². The van der Waals surface area contributed by atoms with Gasteiger partial charge in [0.05, 0.1) is 0 Å². The molecule has 0 bridgehead atoms. The number of nitrogens with two attached hydrogens (primary N) is 1. The summed E-state index contributed by atoms with van der Waals surface area (Å²) in [5.74, 6) is 0.314. The summed E-state index contributed by atoms with van der Waals surface area (Å²) in [4.78, 5) is 15.5. The lowest BCUT2D eigenvalue weighted by molar-refractivity contribution is 0.0831. The average molecular weight is 335 g/mol. The number of benzene rings is 2. The minimum absolute atomic E-state index is 0.0665. The molecule has 3 rings (SSSR count). The number of piperidine rings is 1. The van der Waals surface area contributed by atoms with E-state index in [-0.39, 0.29) is 17.6 Å². The average Bonchev–Trinajstić information content (AvgIpc) is 2.64. The van der Waals surface area contributed by atoms with Gasteiger partial charge in [-0.25, -0.2) is 0 Å². The zero-order valence-corrected chi connectivity index (χ0v) is 15.1. The van der Waals surface area contributed by atoms with E-state index < -0.39 is 0 Å². The molecule has 0 saturated carbocycles. The smallest absolute Gasteiger partial charge is 0.167 e. The normalized spacial score (nSPS) is 21.2. The van der Waals surface area contributed by atoms with Gasteiger partial charge in [-0.05, 0) is 42.9 Å². The first-order valence-electron chi connectivity index (χ1n) is 9.03. The van der Waals surface area contributed by atoms with Crippen LogP contribution in [0.3, 0.4) is 0 Å². The zero-order valence-electron chi connectivity index (χ0n) is 15.1. The van der Waals surface area contributed by atoms with E-state index in [2.05, 4.69) is 43.4 Å². The van der Waals surface area contributed by atoms with Gasteiger partial charge in [0, 0.05) is 37.7 Å². The van der Waals surface area contributed by atoms with Gasteiger partial charge < -0.3 is 10.6 Å². The number of carbonyl (C=O) groups excluding carboxylic acids is 1. The molecule has 2 aromatic carbocycles. The molecule has 25 heavy (non-hydrogen) atoms. The van der Waals surface area contributed by atoms with Crippen LogP contribution in [-0.2, 0) is 0 Å². The lowest BCUT2D eigenvalue weighted by Crippen LogP contribution is -2.45. The Morgan fingerprint density at radius 3 is 2.60 bits per heavy atom. The third kappa shape index (κ3) is 3.83. The Hall–Kier alpha value is -1.97. The van der Waals surface area contributed by atoms with Gasteiger partial charge in [-0.15, -0.1) is 0 Å². The van der Waals surface area contributed by atoms with Crippen LogP contribution in [0.1, 0.15) is 33.0 Å². The van der Waals surface area contributed by atoms with Gasteiger partial charge in [-0.2, -0.15) is 0 Å². The van der Waals surface area contributed by atoms with Crippen LogP contribution >= 0.6 is 0 Å². The van der Waals surface area contributed by atoms with Crippen LogP contribution in [0.5, 0.6) is 0 Å². The Labute approximate surface area is 150 Å². The van der Waals surface area contributed by atoms with Crippen LogP contribution in [0, 0.1) is 26.2 Å². The topological polar surface area (TPSA) is 46.3 Å². The molecule has 2 N–H and O–H groups in total. The zero-order chi connectivity index (χ0) is 17.8. The Bertz CT molecular complexity index is 726. The van der Waals surface area contributed by atoms with Crippen LogP contribution in [0.25, 0.3) is 0 Å². The summed E-state index contributed by atoms with van der Waals surface area (Å²) >= 11 is 0. The number of Topliss-reactive ketones (excluding diaryl/α,β-unsaturated/α-hetero) is 1. The molecule has 0 aliphatic carbocycles. The summed E-state index contributed by atoms with van der Waals surface area (Å²) in [6.45, 7) is 7.39. The number of hydrogen-bond acceptors (Lipinski definition) is 3. The van der Waals surface area contributed by atoms with Gasteiger partial charge in [-0.3, -0.25) is 4.79 Å². The highest BCUT2D eigenvalue weighted by atomic mass is 16.1. The predicted octanol–water partition coefficient (Wildman–Crippen LogP) is 3.36. The highest BCUT2D eigenvalue weighted by molar-refractivity contribution is 5.98. The fourth-order valence-corrected chi connectivity index (χ4v) is 3.80. The van der Waals surface area contributed by atoms with E-state index in [0.717, 1.165) is 25.2 Å². The Balaban J connectivity index is 1.95. The Morgan fingerprint density at radius 1 is 1.12 bits per heavy atom. The SMILES string of the molecule is Cc1cccc([C@H]2[CH]CN(CCN)C[C@H]2C(=O)c2ccccc2)c1C. The minimum Gasteiger partial charge on any atom is -0.329 e. The van der Waals surface area contributed by atoms with Gasteiger partial charge in [0.2, 0.25) is 0 Å². The molecule has 2 aromatic rings. The van der Waals surface area contributed by atoms with Gasteiger partial charge >= 0.3 is 0 Å². The van der Waals surface area contributed by atoms with Crippen LogP contribution < -0.4 is 5.73 Å². The highest BCUT2D eigenvalue weighted by Crippen LogP contribution is 2.36. The predicted molar refractivity (Wildman–Crippen MR) is 103 cm³/mol. The molecule has 131 valence electrons. The molecule has 1 aliphatic rings. The summed E-state index contributed by atoms with van der Waals surface area (Å²) in [5, 5.41) is 0. The monoisotopic (exact) mass is 335 g/mol. The summed E-state index contributed by atoms with van der Waals surface area (Å²) in [6.07, 6.45) is 2.30. The molecule has 0 spiro atoms. The number of nitrogens with zero attached hydrogens (tertiary/aromatic N) is 1. The molecular weight excluding hydrogens is 308 g/mol. The van der Waals surface area contributed by atoms with Crippen molar-refractivity contribution in [1.29, 1.82) is 0 Å². The van der Waals surface area contributed by atoms with Gasteiger partial charge in [0.1, 0.15) is 0 Å². The standard InChI is InChI=1S/C22H27N2O/c1-16-7-6-10-19(17(16)2)20-11-13-24(14-12-23)15-21(20)22(25)18-8-4-3-5-9-18/h3-11,20-21H,12-15,23H2,1-2H3/t20-,21-/m1/s1. The molecular formula is C22H27N2O. The van der Waals surface area contributed by atoms with Gasteiger partial charge in [0.25, 0.3) is 0 Å². The quantitative estimate of drug-likeness (QED) is 0.852. The number of carbonyl (C=O) groups is 1. The van der Waals surface area contributed by atoms with E-state index >= 15 is 0 Å². The second-order valence-electron chi connectivity index (χ2n) is 6.94. The first kappa shape index (κ1) is 17.8. The maximum absolute atomic E-state index is 13.3. The minimum atomic E-state index is -0.0665. The van der Waals surface area contributed by atoms with Crippen molar-refractivity contribution in [3.05, 3.63) is 77.2 Å². The van der Waals surface area contributed by atoms with Crippen molar-refractivity contribution in [2.45, 2.75) is 19.8 Å². The molecule has 1 aliphatic heterocycles. The van der Waals surface area contributed by atoms with E-state index in [9.17, 15) is 4.79 Å². The molecule has 1 fully saturated rings. The maximum Gasteiger partial charge on any atom is 0.167 e. The van der Waals surface area contributed by atoms with Crippen molar-refractivity contribution < 1.29 is 4.79 Å². The molecule has 1 radical (unpaired) electrons. The largest absolute Gasteiger partial charge is 0.329 e. The summed E-state index contributed by atoms with van der Waals surface area (Å²) in [5.41, 5.74) is 10.4. The molecule has 1 saturated heterocycles. The summed E-state index contributed by atoms with van der Waals surface area (Å²) < 4.78 is 0. The van der Waals surface area contributed by atoms with Crippen molar-refractivity contribution in [2.24, 2.45) is 11.7 Å². The van der Waals surface area contributed by atoms with E-state index in [1.54, 1.807) is 0 Å². The van der Waals surface area contributed by atoms with Crippen LogP contribution in [-0.4, -0.2) is 36.9 Å². The third-order valence-corrected chi connectivity index (χ3v) is 5.35. The fraction of sp³-hybridized carbons (Fsp3) is 0.364. The lowest BCUT2D eigenvalue weighted by Gasteiger charge is -2.38. The third-order valence-electron chi connectivity index (χ3n) is 5.35.